The van der Waals surface area contributed by atoms with E-state index in [1.807, 2.05) is 18.2 Å². The van der Waals surface area contributed by atoms with E-state index < -0.39 is 12.5 Å². The number of benzene rings is 3. The Kier molecular flexibility index (Phi) is 6.58. The Labute approximate surface area is 192 Å². The summed E-state index contributed by atoms with van der Waals surface area (Å²) in [5, 5.41) is 10.4. The normalized spacial score (nSPS) is 12.2. The Balaban J connectivity index is 1.38. The molecular formula is C24H20F3N3O4. The van der Waals surface area contributed by atoms with Crippen LogP contribution in [0.3, 0.4) is 0 Å². The molecule has 0 bridgehead atoms. The van der Waals surface area contributed by atoms with Gasteiger partial charge in [0.25, 0.3) is 5.91 Å². The molecule has 10 heteroatoms. The summed E-state index contributed by atoms with van der Waals surface area (Å²) in [5.41, 5.74) is 1.12. The zero-order valence-electron chi connectivity index (χ0n) is 17.9. The lowest BCUT2D eigenvalue weighted by Crippen LogP contribution is -2.30. The average molecular weight is 471 g/mol. The molecule has 0 radical (unpaired) electrons. The molecule has 34 heavy (non-hydrogen) atoms. The van der Waals surface area contributed by atoms with Gasteiger partial charge in [-0.05, 0) is 48.9 Å². The first-order valence-electron chi connectivity index (χ1n) is 10.2. The quantitative estimate of drug-likeness (QED) is 0.357. The van der Waals surface area contributed by atoms with E-state index in [9.17, 15) is 18.0 Å². The standard InChI is InChI=1S/C24H20F3N3O4/c1-15(33-17-7-3-2-4-8-17)23(31)28-22-20-11-10-18(13-21(20)29-30-22)32-14-16-6-5-9-19(12-16)34-24(25,26)27/h2-13,15H,14H2,1H3,(H2,28,29,30,31). The molecule has 7 nitrogen and oxygen atoms in total. The smallest absolute Gasteiger partial charge is 0.489 e. The van der Waals surface area contributed by atoms with E-state index in [-0.39, 0.29) is 18.3 Å². The maximum Gasteiger partial charge on any atom is 0.573 e. The van der Waals surface area contributed by atoms with Crippen LogP contribution in [0.15, 0.2) is 72.8 Å². The van der Waals surface area contributed by atoms with Gasteiger partial charge in [0.2, 0.25) is 0 Å². The molecule has 0 aliphatic carbocycles. The van der Waals surface area contributed by atoms with Crippen molar-refractivity contribution in [2.45, 2.75) is 26.0 Å². The van der Waals surface area contributed by atoms with Crippen molar-refractivity contribution < 1.29 is 32.2 Å². The number of aromatic nitrogens is 2. The second kappa shape index (κ2) is 9.74. The van der Waals surface area contributed by atoms with Crippen LogP contribution in [0.4, 0.5) is 19.0 Å². The van der Waals surface area contributed by atoms with E-state index in [0.29, 0.717) is 33.8 Å². The summed E-state index contributed by atoms with van der Waals surface area (Å²) in [5.74, 6) is 0.709. The lowest BCUT2D eigenvalue weighted by Gasteiger charge is -2.13. The minimum Gasteiger partial charge on any atom is -0.489 e. The maximum atomic E-state index is 12.5. The number of amides is 1. The number of hydrogen-bond donors (Lipinski definition) is 2. The first-order valence-corrected chi connectivity index (χ1v) is 10.2. The second-order valence-corrected chi connectivity index (χ2v) is 7.33. The number of aromatic amines is 1. The fourth-order valence-electron chi connectivity index (χ4n) is 3.16. The number of alkyl halides is 3. The van der Waals surface area contributed by atoms with Crippen molar-refractivity contribution in [3.05, 3.63) is 78.4 Å². The molecule has 0 aliphatic rings. The average Bonchev–Trinajstić information content (AvgIpc) is 3.19. The molecule has 4 rings (SSSR count). The number of H-pyrrole nitrogens is 1. The summed E-state index contributed by atoms with van der Waals surface area (Å²) in [4.78, 5) is 12.5. The van der Waals surface area contributed by atoms with Crippen molar-refractivity contribution in [2.24, 2.45) is 0 Å². The molecular weight excluding hydrogens is 451 g/mol. The van der Waals surface area contributed by atoms with Gasteiger partial charge in [0.05, 0.1) is 5.52 Å². The number of carbonyl (C=O) groups is 1. The van der Waals surface area contributed by atoms with Gasteiger partial charge in [-0.15, -0.1) is 13.2 Å². The van der Waals surface area contributed by atoms with E-state index >= 15 is 0 Å². The van der Waals surface area contributed by atoms with Crippen LogP contribution in [0.25, 0.3) is 10.9 Å². The van der Waals surface area contributed by atoms with Gasteiger partial charge in [-0.2, -0.15) is 5.10 Å². The second-order valence-electron chi connectivity index (χ2n) is 7.33. The molecule has 3 aromatic carbocycles. The lowest BCUT2D eigenvalue weighted by molar-refractivity contribution is -0.274. The summed E-state index contributed by atoms with van der Waals surface area (Å²) < 4.78 is 52.4. The molecule has 0 spiro atoms. The number of para-hydroxylation sites is 1. The third-order valence-electron chi connectivity index (χ3n) is 4.74. The SMILES string of the molecule is CC(Oc1ccccc1)C(=O)Nc1n[nH]c2cc(OCc3cccc(OC(F)(F)F)c3)ccc12. The monoisotopic (exact) mass is 471 g/mol. The van der Waals surface area contributed by atoms with Crippen molar-refractivity contribution in [3.63, 3.8) is 0 Å². The molecule has 2 N–H and O–H groups in total. The molecule has 4 aromatic rings. The van der Waals surface area contributed by atoms with Crippen LogP contribution >= 0.6 is 0 Å². The zero-order valence-corrected chi connectivity index (χ0v) is 17.9. The summed E-state index contributed by atoms with van der Waals surface area (Å²) in [6.07, 6.45) is -5.50. The molecule has 1 heterocycles. The highest BCUT2D eigenvalue weighted by molar-refractivity contribution is 6.01. The van der Waals surface area contributed by atoms with Crippen LogP contribution in [0, 0.1) is 0 Å². The highest BCUT2D eigenvalue weighted by Crippen LogP contribution is 2.27. The number of fused-ring (bicyclic) bond motifs is 1. The Morgan fingerprint density at radius 3 is 2.53 bits per heavy atom. The first kappa shape index (κ1) is 23.0. The molecule has 0 saturated heterocycles. The highest BCUT2D eigenvalue weighted by Gasteiger charge is 2.31. The van der Waals surface area contributed by atoms with E-state index in [1.165, 1.54) is 18.2 Å². The van der Waals surface area contributed by atoms with Gasteiger partial charge in [-0.25, -0.2) is 0 Å². The summed E-state index contributed by atoms with van der Waals surface area (Å²) in [6.45, 7) is 1.67. The number of nitrogens with zero attached hydrogens (tertiary/aromatic N) is 1. The van der Waals surface area contributed by atoms with Gasteiger partial charge in [0.15, 0.2) is 11.9 Å². The van der Waals surface area contributed by atoms with Crippen molar-refractivity contribution in [3.8, 4) is 17.2 Å². The number of ether oxygens (including phenoxy) is 3. The molecule has 176 valence electrons. The Hall–Kier alpha value is -4.21. The van der Waals surface area contributed by atoms with Crippen molar-refractivity contribution in [1.29, 1.82) is 0 Å². The third kappa shape index (κ3) is 5.97. The van der Waals surface area contributed by atoms with E-state index in [0.717, 1.165) is 0 Å². The summed E-state index contributed by atoms with van der Waals surface area (Å²) >= 11 is 0. The van der Waals surface area contributed by atoms with Crippen molar-refractivity contribution in [2.75, 3.05) is 5.32 Å². The van der Waals surface area contributed by atoms with Gasteiger partial charge in [0.1, 0.15) is 23.9 Å². The number of nitrogens with one attached hydrogen (secondary N) is 2. The number of hydrogen-bond acceptors (Lipinski definition) is 5. The fourth-order valence-corrected chi connectivity index (χ4v) is 3.16. The molecule has 1 aromatic heterocycles. The van der Waals surface area contributed by atoms with Crippen LogP contribution in [-0.4, -0.2) is 28.6 Å². The number of halogens is 3. The van der Waals surface area contributed by atoms with E-state index in [4.69, 9.17) is 9.47 Å². The van der Waals surface area contributed by atoms with Crippen molar-refractivity contribution in [1.82, 2.24) is 10.2 Å². The summed E-state index contributed by atoms with van der Waals surface area (Å²) in [6, 6.07) is 19.6. The van der Waals surface area contributed by atoms with Gasteiger partial charge < -0.3 is 19.5 Å². The van der Waals surface area contributed by atoms with E-state index in [1.54, 1.807) is 43.3 Å². The van der Waals surface area contributed by atoms with Gasteiger partial charge in [-0.3, -0.25) is 9.89 Å². The van der Waals surface area contributed by atoms with Crippen LogP contribution in [0.2, 0.25) is 0 Å². The number of anilines is 1. The van der Waals surface area contributed by atoms with Crippen LogP contribution in [0.1, 0.15) is 12.5 Å². The van der Waals surface area contributed by atoms with Gasteiger partial charge >= 0.3 is 6.36 Å². The van der Waals surface area contributed by atoms with Crippen LogP contribution in [-0.2, 0) is 11.4 Å². The molecule has 0 fully saturated rings. The molecule has 0 saturated carbocycles. The Morgan fingerprint density at radius 2 is 1.76 bits per heavy atom. The third-order valence-corrected chi connectivity index (χ3v) is 4.74. The topological polar surface area (TPSA) is 85.5 Å². The largest absolute Gasteiger partial charge is 0.573 e. The first-order chi connectivity index (χ1) is 16.3. The number of rotatable bonds is 8. The van der Waals surface area contributed by atoms with Gasteiger partial charge in [-0.1, -0.05) is 30.3 Å². The zero-order chi connectivity index (χ0) is 24.1. The number of carbonyl (C=O) groups excluding carboxylic acids is 1. The maximum absolute atomic E-state index is 12.5. The molecule has 1 atom stereocenters. The van der Waals surface area contributed by atoms with E-state index in [2.05, 4.69) is 20.3 Å². The minimum atomic E-state index is -4.76. The molecule has 1 amide bonds. The van der Waals surface area contributed by atoms with Crippen LogP contribution < -0.4 is 19.5 Å². The minimum absolute atomic E-state index is 0.0344. The Bertz CT molecular complexity index is 1280. The Morgan fingerprint density at radius 1 is 1.00 bits per heavy atom. The van der Waals surface area contributed by atoms with Gasteiger partial charge in [0, 0.05) is 11.5 Å². The summed E-state index contributed by atoms with van der Waals surface area (Å²) in [7, 11) is 0. The molecule has 1 unspecified atom stereocenters. The molecule has 0 aliphatic heterocycles. The van der Waals surface area contributed by atoms with Crippen LogP contribution in [0.5, 0.6) is 17.2 Å². The predicted octanol–water partition coefficient (Wildman–Crippen LogP) is 5.45. The lowest BCUT2D eigenvalue weighted by atomic mass is 10.2. The predicted molar refractivity (Wildman–Crippen MR) is 119 cm³/mol. The van der Waals surface area contributed by atoms with Crippen molar-refractivity contribution >= 4 is 22.6 Å². The highest BCUT2D eigenvalue weighted by atomic mass is 19.4. The fraction of sp³-hybridized carbons (Fsp3) is 0.167.